The summed E-state index contributed by atoms with van der Waals surface area (Å²) in [5.41, 5.74) is 10.6. The number of pyridine rings is 1. The molecule has 0 aliphatic carbocycles. The van der Waals surface area contributed by atoms with E-state index in [2.05, 4.69) is 156 Å². The maximum Gasteiger partial charge on any atom is 0.164 e. The summed E-state index contributed by atoms with van der Waals surface area (Å²) in [5.74, 6) is 1.81. The summed E-state index contributed by atoms with van der Waals surface area (Å²) >= 11 is 0. The van der Waals surface area contributed by atoms with Gasteiger partial charge in [0.2, 0.25) is 0 Å². The normalized spacial score (nSPS) is 11.8. The van der Waals surface area contributed by atoms with Gasteiger partial charge in [-0.2, -0.15) is 0 Å². The van der Waals surface area contributed by atoms with E-state index in [4.69, 9.17) is 24.4 Å². The zero-order valence-corrected chi connectivity index (χ0v) is 31.0. The number of para-hydroxylation sites is 4. The first-order valence-electron chi connectivity index (χ1n) is 19.4. The van der Waals surface area contributed by atoms with Gasteiger partial charge in [-0.05, 0) is 71.4 Å². The molecule has 0 radical (unpaired) electrons. The first kappa shape index (κ1) is 32.3. The number of aromatic nitrogens is 5. The van der Waals surface area contributed by atoms with Gasteiger partial charge in [-0.1, -0.05) is 127 Å². The highest BCUT2D eigenvalue weighted by Gasteiger charge is 2.19. The van der Waals surface area contributed by atoms with E-state index in [1.165, 1.54) is 27.2 Å². The van der Waals surface area contributed by atoms with Crippen LogP contribution in [0.5, 0.6) is 0 Å². The lowest BCUT2D eigenvalue weighted by atomic mass is 10.0. The average Bonchev–Trinajstić information content (AvgIpc) is 3.85. The average molecular weight is 742 g/mol. The fourth-order valence-corrected chi connectivity index (χ4v) is 8.45. The van der Waals surface area contributed by atoms with Crippen molar-refractivity contribution in [2.45, 2.75) is 0 Å². The Balaban J connectivity index is 0.990. The van der Waals surface area contributed by atoms with Crippen LogP contribution in [-0.2, 0) is 0 Å². The number of benzene rings is 8. The molecule has 0 saturated heterocycles. The maximum atomic E-state index is 6.46. The highest BCUT2D eigenvalue weighted by Crippen LogP contribution is 2.40. The van der Waals surface area contributed by atoms with Crippen LogP contribution in [0.2, 0.25) is 0 Å². The van der Waals surface area contributed by atoms with Crippen molar-refractivity contribution >= 4 is 65.4 Å². The summed E-state index contributed by atoms with van der Waals surface area (Å²) < 4.78 is 8.78. The van der Waals surface area contributed by atoms with Crippen molar-refractivity contribution in [3.05, 3.63) is 188 Å². The molecule has 8 aromatic carbocycles. The van der Waals surface area contributed by atoms with Crippen molar-refractivity contribution in [1.29, 1.82) is 0 Å². The monoisotopic (exact) mass is 741 g/mol. The summed E-state index contributed by atoms with van der Waals surface area (Å²) in [6.07, 6.45) is 0. The topological polar surface area (TPSA) is 69.6 Å². The first-order chi connectivity index (χ1) is 28.7. The van der Waals surface area contributed by atoms with Gasteiger partial charge in [-0.15, -0.1) is 0 Å². The molecule has 4 aromatic heterocycles. The van der Waals surface area contributed by atoms with Crippen LogP contribution >= 0.6 is 0 Å². The SMILES string of the molecule is c1ccc2cc(-c3nc(-c4ccc(-c5nc6ccccc6c6oc7ccccc7c56)cc4)nc(-c4ccc(-n5c6ccccc6c6ccccc65)cc4)n3)ccc2c1. The van der Waals surface area contributed by atoms with E-state index in [-0.39, 0.29) is 0 Å². The van der Waals surface area contributed by atoms with E-state index >= 15 is 0 Å². The van der Waals surface area contributed by atoms with Crippen molar-refractivity contribution in [2.75, 3.05) is 0 Å². The number of fused-ring (bicyclic) bond motifs is 9. The van der Waals surface area contributed by atoms with Crippen molar-refractivity contribution in [2.24, 2.45) is 0 Å². The van der Waals surface area contributed by atoms with Crippen molar-refractivity contribution in [1.82, 2.24) is 24.5 Å². The largest absolute Gasteiger partial charge is 0.455 e. The Hall–Kier alpha value is -7.96. The van der Waals surface area contributed by atoms with Crippen molar-refractivity contribution in [3.63, 3.8) is 0 Å². The quantitative estimate of drug-likeness (QED) is 0.176. The molecule has 0 aliphatic heterocycles. The minimum Gasteiger partial charge on any atom is -0.455 e. The third kappa shape index (κ3) is 5.12. The number of furan rings is 1. The second-order valence-electron chi connectivity index (χ2n) is 14.6. The van der Waals surface area contributed by atoms with Crippen LogP contribution in [0.25, 0.3) is 117 Å². The minimum absolute atomic E-state index is 0.594. The van der Waals surface area contributed by atoms with Gasteiger partial charge in [0.1, 0.15) is 11.2 Å². The Kier molecular flexibility index (Phi) is 7.13. The molecule has 0 bridgehead atoms. The van der Waals surface area contributed by atoms with Gasteiger partial charge >= 0.3 is 0 Å². The lowest BCUT2D eigenvalue weighted by Crippen LogP contribution is -2.01. The second-order valence-corrected chi connectivity index (χ2v) is 14.6. The molecule has 0 aliphatic rings. The predicted octanol–water partition coefficient (Wildman–Crippen LogP) is 13.2. The van der Waals surface area contributed by atoms with Gasteiger partial charge in [-0.25, -0.2) is 19.9 Å². The smallest absolute Gasteiger partial charge is 0.164 e. The fourth-order valence-electron chi connectivity index (χ4n) is 8.45. The number of rotatable bonds is 5. The Labute approximate surface area is 332 Å². The Morgan fingerprint density at radius 1 is 0.379 bits per heavy atom. The summed E-state index contributed by atoms with van der Waals surface area (Å²) in [7, 11) is 0. The summed E-state index contributed by atoms with van der Waals surface area (Å²) in [4.78, 5) is 20.5. The van der Waals surface area contributed by atoms with Crippen LogP contribution in [0.3, 0.4) is 0 Å². The van der Waals surface area contributed by atoms with E-state index in [1.807, 2.05) is 36.4 Å². The molecule has 6 heteroatoms. The van der Waals surface area contributed by atoms with E-state index in [9.17, 15) is 0 Å². The minimum atomic E-state index is 0.594. The van der Waals surface area contributed by atoms with Crippen molar-refractivity contribution in [3.8, 4) is 51.1 Å². The Bertz CT molecular complexity index is 3510. The summed E-state index contributed by atoms with van der Waals surface area (Å²) in [6, 6.07) is 65.0. The van der Waals surface area contributed by atoms with Gasteiger partial charge < -0.3 is 8.98 Å². The maximum absolute atomic E-state index is 6.46. The van der Waals surface area contributed by atoms with Gasteiger partial charge in [0.05, 0.1) is 27.6 Å². The molecule has 0 fully saturated rings. The fraction of sp³-hybridized carbons (Fsp3) is 0. The lowest BCUT2D eigenvalue weighted by molar-refractivity contribution is 0.672. The Morgan fingerprint density at radius 3 is 1.60 bits per heavy atom. The van der Waals surface area contributed by atoms with Gasteiger partial charge in [0, 0.05) is 49.5 Å². The predicted molar refractivity (Wildman–Crippen MR) is 236 cm³/mol. The third-order valence-corrected chi connectivity index (χ3v) is 11.2. The molecular weight excluding hydrogens is 711 g/mol. The molecule has 270 valence electrons. The highest BCUT2D eigenvalue weighted by molar-refractivity contribution is 6.19. The molecule has 12 aromatic rings. The summed E-state index contributed by atoms with van der Waals surface area (Å²) in [6.45, 7) is 0. The molecule has 0 spiro atoms. The molecule has 12 rings (SSSR count). The molecule has 0 unspecified atom stereocenters. The van der Waals surface area contributed by atoms with E-state index in [0.717, 1.165) is 71.9 Å². The Morgan fingerprint density at radius 2 is 0.897 bits per heavy atom. The molecule has 0 amide bonds. The molecule has 0 saturated carbocycles. The molecule has 0 atom stereocenters. The zero-order valence-electron chi connectivity index (χ0n) is 31.0. The zero-order chi connectivity index (χ0) is 38.2. The first-order valence-corrected chi connectivity index (χ1v) is 19.4. The van der Waals surface area contributed by atoms with Crippen LogP contribution < -0.4 is 0 Å². The van der Waals surface area contributed by atoms with E-state index in [1.54, 1.807) is 0 Å². The summed E-state index contributed by atoms with van der Waals surface area (Å²) in [5, 5.41) is 7.80. The third-order valence-electron chi connectivity index (χ3n) is 11.2. The van der Waals surface area contributed by atoms with Crippen LogP contribution in [0.1, 0.15) is 0 Å². The molecule has 4 heterocycles. The van der Waals surface area contributed by atoms with Crippen molar-refractivity contribution < 1.29 is 4.42 Å². The van der Waals surface area contributed by atoms with Crippen LogP contribution in [-0.4, -0.2) is 24.5 Å². The molecule has 0 N–H and O–H groups in total. The molecular formula is C52H31N5O. The van der Waals surface area contributed by atoms with Gasteiger partial charge in [0.15, 0.2) is 17.5 Å². The van der Waals surface area contributed by atoms with E-state index in [0.29, 0.717) is 17.5 Å². The van der Waals surface area contributed by atoms with Gasteiger partial charge in [-0.3, -0.25) is 0 Å². The number of nitrogens with zero attached hydrogens (tertiary/aromatic N) is 5. The van der Waals surface area contributed by atoms with E-state index < -0.39 is 0 Å². The van der Waals surface area contributed by atoms with Crippen LogP contribution in [0.15, 0.2) is 192 Å². The molecule has 6 nitrogen and oxygen atoms in total. The molecule has 58 heavy (non-hydrogen) atoms. The standard InChI is InChI=1S/C52H31N5O/c1-2-12-36-31-37(26-21-32(36)11-1)52-55-50(54-51(56-52)35-27-29-38(30-28-35)57-44-18-8-4-13-39(44)40-14-5-9-19-45(40)57)34-24-22-33(23-25-34)48-47-42-16-6-10-20-46(42)58-49(47)41-15-3-7-17-43(41)53-48/h1-31H. The number of hydrogen-bond acceptors (Lipinski definition) is 5. The van der Waals surface area contributed by atoms with Crippen LogP contribution in [0.4, 0.5) is 0 Å². The lowest BCUT2D eigenvalue weighted by Gasteiger charge is -2.11. The second kappa shape index (κ2) is 12.8. The van der Waals surface area contributed by atoms with Gasteiger partial charge in [0.25, 0.3) is 0 Å². The highest BCUT2D eigenvalue weighted by atomic mass is 16.3. The van der Waals surface area contributed by atoms with Crippen LogP contribution in [0, 0.1) is 0 Å². The number of hydrogen-bond donors (Lipinski definition) is 0.